The smallest absolute Gasteiger partial charge is 0.322 e. The van der Waals surface area contributed by atoms with E-state index in [1.807, 2.05) is 49.6 Å². The third-order valence-corrected chi connectivity index (χ3v) is 7.21. The molecule has 1 saturated heterocycles. The van der Waals surface area contributed by atoms with Gasteiger partial charge in [-0.1, -0.05) is 28.9 Å². The number of amides is 2. The number of nitrogens with one attached hydrogen (secondary N) is 1. The molecule has 1 N–H and O–H groups in total. The molecule has 0 bridgehead atoms. The average Bonchev–Trinajstić information content (AvgIpc) is 3.54. The van der Waals surface area contributed by atoms with E-state index in [4.69, 9.17) is 25.8 Å². The third-order valence-electron chi connectivity index (χ3n) is 6.21. The van der Waals surface area contributed by atoms with Crippen LogP contribution in [0.25, 0.3) is 17.0 Å². The van der Waals surface area contributed by atoms with Crippen molar-refractivity contribution in [1.82, 2.24) is 20.4 Å². The van der Waals surface area contributed by atoms with E-state index in [0.29, 0.717) is 23.3 Å². The molecular formula is C25H25ClN4O3S. The molecule has 1 aromatic heterocycles. The summed E-state index contributed by atoms with van der Waals surface area (Å²) < 4.78 is 11.5. The van der Waals surface area contributed by atoms with Crippen LogP contribution in [0.1, 0.15) is 37.3 Å². The predicted molar refractivity (Wildman–Crippen MR) is 133 cm³/mol. The third kappa shape index (κ3) is 4.58. The van der Waals surface area contributed by atoms with Crippen LogP contribution in [0, 0.1) is 0 Å². The number of hydrogen-bond acceptors (Lipinski definition) is 6. The fourth-order valence-corrected chi connectivity index (χ4v) is 4.90. The van der Waals surface area contributed by atoms with Gasteiger partial charge < -0.3 is 14.6 Å². The van der Waals surface area contributed by atoms with Crippen molar-refractivity contribution >= 4 is 35.0 Å². The first-order valence-electron chi connectivity index (χ1n) is 11.2. The number of thioether (sulfide) groups is 1. The number of benzene rings is 2. The number of ether oxygens (including phenoxy) is 1. The highest BCUT2D eigenvalue weighted by molar-refractivity contribution is 7.98. The van der Waals surface area contributed by atoms with Gasteiger partial charge in [0.2, 0.25) is 5.82 Å². The maximum absolute atomic E-state index is 13.2. The normalized spacial score (nSPS) is 20.7. The van der Waals surface area contributed by atoms with Crippen molar-refractivity contribution in [3.05, 3.63) is 70.7 Å². The van der Waals surface area contributed by atoms with Crippen LogP contribution in [0.15, 0.2) is 63.6 Å². The van der Waals surface area contributed by atoms with Crippen molar-refractivity contribution in [2.24, 2.45) is 0 Å². The van der Waals surface area contributed by atoms with Crippen LogP contribution in [0.4, 0.5) is 4.79 Å². The van der Waals surface area contributed by atoms with Crippen LogP contribution in [-0.2, 0) is 4.74 Å². The second-order valence-corrected chi connectivity index (χ2v) is 9.65. The summed E-state index contributed by atoms with van der Waals surface area (Å²) in [6, 6.07) is 14.8. The zero-order valence-corrected chi connectivity index (χ0v) is 20.5. The van der Waals surface area contributed by atoms with Crippen molar-refractivity contribution in [3.8, 4) is 11.4 Å². The van der Waals surface area contributed by atoms with Crippen LogP contribution in [0.2, 0.25) is 5.02 Å². The van der Waals surface area contributed by atoms with Crippen molar-refractivity contribution in [1.29, 1.82) is 0 Å². The first-order chi connectivity index (χ1) is 16.5. The molecule has 2 aromatic carbocycles. The molecule has 176 valence electrons. The highest BCUT2D eigenvalue weighted by atomic mass is 35.5. The van der Waals surface area contributed by atoms with Gasteiger partial charge >= 0.3 is 6.03 Å². The summed E-state index contributed by atoms with van der Waals surface area (Å²) in [4.78, 5) is 20.7. The van der Waals surface area contributed by atoms with Crippen molar-refractivity contribution in [2.75, 3.05) is 19.4 Å². The van der Waals surface area contributed by atoms with E-state index >= 15 is 0 Å². The summed E-state index contributed by atoms with van der Waals surface area (Å²) in [6.07, 6.45) is 4.00. The summed E-state index contributed by atoms with van der Waals surface area (Å²) in [5.41, 5.74) is 3.31. The molecule has 3 heterocycles. The van der Waals surface area contributed by atoms with Crippen molar-refractivity contribution in [3.63, 3.8) is 0 Å². The Morgan fingerprint density at radius 2 is 1.94 bits per heavy atom. The average molecular weight is 497 g/mol. The number of hydrogen-bond donors (Lipinski definition) is 1. The molecule has 2 unspecified atom stereocenters. The largest absolute Gasteiger partial charge is 0.376 e. The summed E-state index contributed by atoms with van der Waals surface area (Å²) in [5, 5.41) is 8.00. The lowest BCUT2D eigenvalue weighted by Crippen LogP contribution is -2.48. The number of halogens is 1. The first kappa shape index (κ1) is 23.0. The molecule has 0 saturated carbocycles. The Morgan fingerprint density at radius 3 is 2.62 bits per heavy atom. The van der Waals surface area contributed by atoms with Crippen LogP contribution < -0.4 is 5.32 Å². The zero-order chi connectivity index (χ0) is 23.7. The molecule has 0 spiro atoms. The highest BCUT2D eigenvalue weighted by Crippen LogP contribution is 2.38. The van der Waals surface area contributed by atoms with E-state index in [2.05, 4.69) is 10.5 Å². The number of rotatable bonds is 6. The number of nitrogens with zero attached hydrogens (tertiary/aromatic N) is 3. The molecular weight excluding hydrogens is 472 g/mol. The van der Waals surface area contributed by atoms with Crippen molar-refractivity contribution < 1.29 is 14.1 Å². The van der Waals surface area contributed by atoms with E-state index in [0.717, 1.165) is 46.7 Å². The number of aromatic nitrogens is 2. The predicted octanol–water partition coefficient (Wildman–Crippen LogP) is 5.79. The van der Waals surface area contributed by atoms with Gasteiger partial charge in [-0.05, 0) is 68.0 Å². The van der Waals surface area contributed by atoms with Gasteiger partial charge in [0.05, 0.1) is 24.3 Å². The highest BCUT2D eigenvalue weighted by Gasteiger charge is 2.37. The van der Waals surface area contributed by atoms with Gasteiger partial charge in [0.15, 0.2) is 0 Å². The monoisotopic (exact) mass is 496 g/mol. The maximum atomic E-state index is 13.2. The molecule has 2 atom stereocenters. The first-order valence-corrected chi connectivity index (χ1v) is 12.8. The minimum atomic E-state index is -0.414. The standard InChI is InChI=1S/C25H25ClN4O3S/c1-15-21(24-28-23(29-33-24)17-5-9-18(26)10-6-17)22(16-7-11-20(34-2)12-8-16)27-25(31)30(15)14-19-4-3-13-32-19/h5-12,19,22H,3-4,13-14H2,1-2H3,(H,27,31). The molecule has 34 heavy (non-hydrogen) atoms. The van der Waals surface area contributed by atoms with E-state index in [1.165, 1.54) is 0 Å². The molecule has 1 fully saturated rings. The Balaban J connectivity index is 1.55. The van der Waals surface area contributed by atoms with Gasteiger partial charge in [0.1, 0.15) is 0 Å². The molecule has 2 aliphatic rings. The number of carbonyl (C=O) groups is 1. The van der Waals surface area contributed by atoms with Gasteiger partial charge in [0.25, 0.3) is 5.89 Å². The molecule has 9 heteroatoms. The summed E-state index contributed by atoms with van der Waals surface area (Å²) in [5.74, 6) is 0.838. The van der Waals surface area contributed by atoms with Gasteiger partial charge in [-0.2, -0.15) is 4.98 Å². The number of carbonyl (C=O) groups excluding carboxylic acids is 1. The Hall–Kier alpha value is -2.81. The summed E-state index contributed by atoms with van der Waals surface area (Å²) >= 11 is 7.69. The van der Waals surface area contributed by atoms with Gasteiger partial charge in [-0.15, -0.1) is 11.8 Å². The van der Waals surface area contributed by atoms with E-state index in [9.17, 15) is 4.79 Å². The molecule has 2 aliphatic heterocycles. The maximum Gasteiger partial charge on any atom is 0.322 e. The lowest BCUT2D eigenvalue weighted by molar-refractivity contribution is 0.0877. The molecule has 3 aromatic rings. The molecule has 0 radical (unpaired) electrons. The summed E-state index contributed by atoms with van der Waals surface area (Å²) in [6.45, 7) is 3.14. The Bertz CT molecular complexity index is 1200. The fraction of sp³-hybridized carbons (Fsp3) is 0.320. The van der Waals surface area contributed by atoms with Gasteiger partial charge in [-0.25, -0.2) is 4.79 Å². The van der Waals surface area contributed by atoms with Gasteiger partial charge in [-0.3, -0.25) is 4.90 Å². The van der Waals surface area contributed by atoms with Gasteiger partial charge in [0, 0.05) is 27.8 Å². The van der Waals surface area contributed by atoms with Crippen LogP contribution >= 0.6 is 23.4 Å². The Kier molecular flexibility index (Phi) is 6.63. The van der Waals surface area contributed by atoms with Crippen LogP contribution in [-0.4, -0.2) is 46.6 Å². The van der Waals surface area contributed by atoms with Crippen molar-refractivity contribution in [2.45, 2.75) is 36.8 Å². The van der Waals surface area contributed by atoms with Crippen LogP contribution in [0.5, 0.6) is 0 Å². The molecule has 5 rings (SSSR count). The van der Waals surface area contributed by atoms with E-state index in [1.54, 1.807) is 28.8 Å². The Morgan fingerprint density at radius 1 is 1.18 bits per heavy atom. The molecule has 0 aliphatic carbocycles. The zero-order valence-electron chi connectivity index (χ0n) is 19.0. The lowest BCUT2D eigenvalue weighted by Gasteiger charge is -2.36. The quantitative estimate of drug-likeness (QED) is 0.435. The minimum Gasteiger partial charge on any atom is -0.376 e. The second-order valence-electron chi connectivity index (χ2n) is 8.33. The van der Waals surface area contributed by atoms with Crippen LogP contribution in [0.3, 0.4) is 0 Å². The SMILES string of the molecule is CSc1ccc(C2NC(=O)N(CC3CCCO3)C(C)=C2c2nc(-c3ccc(Cl)cc3)no2)cc1. The number of allylic oxidation sites excluding steroid dienone is 1. The van der Waals surface area contributed by atoms with E-state index < -0.39 is 6.04 Å². The van der Waals surface area contributed by atoms with E-state index in [-0.39, 0.29) is 12.1 Å². The molecule has 7 nitrogen and oxygen atoms in total. The number of urea groups is 1. The topological polar surface area (TPSA) is 80.5 Å². The lowest BCUT2D eigenvalue weighted by atomic mass is 9.94. The second kappa shape index (κ2) is 9.82. The Labute approximate surface area is 207 Å². The minimum absolute atomic E-state index is 0.0201. The molecule has 2 amide bonds. The fourth-order valence-electron chi connectivity index (χ4n) is 4.37. The summed E-state index contributed by atoms with van der Waals surface area (Å²) in [7, 11) is 0.